The van der Waals surface area contributed by atoms with Gasteiger partial charge in [-0.3, -0.25) is 14.5 Å². The minimum Gasteiger partial charge on any atom is -0.369 e. The Morgan fingerprint density at radius 1 is 1.30 bits per heavy atom. The molecule has 0 saturated carbocycles. The first-order valence-corrected chi connectivity index (χ1v) is 8.07. The molecule has 0 aliphatic carbocycles. The Morgan fingerprint density at radius 3 is 2.52 bits per heavy atom. The van der Waals surface area contributed by atoms with Crippen LogP contribution in [0.3, 0.4) is 0 Å². The molecule has 1 aliphatic heterocycles. The van der Waals surface area contributed by atoms with Crippen LogP contribution < -0.4 is 11.1 Å². The second-order valence-corrected chi connectivity index (χ2v) is 5.77. The predicted octanol–water partition coefficient (Wildman–Crippen LogP) is 0.830. The van der Waals surface area contributed by atoms with Gasteiger partial charge in [0.25, 0.3) is 5.91 Å². The van der Waals surface area contributed by atoms with Gasteiger partial charge in [0.05, 0.1) is 6.54 Å². The van der Waals surface area contributed by atoms with Gasteiger partial charge in [0.15, 0.2) is 6.10 Å². The third kappa shape index (κ3) is 5.33. The molecule has 0 aromatic heterocycles. The highest BCUT2D eigenvalue weighted by Gasteiger charge is 2.26. The summed E-state index contributed by atoms with van der Waals surface area (Å²) in [4.78, 5) is 25.5. The highest BCUT2D eigenvalue weighted by molar-refractivity contribution is 5.82. The van der Waals surface area contributed by atoms with Crippen LogP contribution >= 0.6 is 0 Å². The molecule has 1 saturated heterocycles. The maximum Gasteiger partial charge on any atom is 0.253 e. The van der Waals surface area contributed by atoms with E-state index in [0.717, 1.165) is 31.5 Å². The molecule has 23 heavy (non-hydrogen) atoms. The number of amides is 2. The van der Waals surface area contributed by atoms with Crippen molar-refractivity contribution in [1.82, 2.24) is 10.2 Å². The van der Waals surface area contributed by atoms with Gasteiger partial charge in [0.2, 0.25) is 5.91 Å². The van der Waals surface area contributed by atoms with Crippen LogP contribution in [0.1, 0.15) is 31.4 Å². The maximum atomic E-state index is 12.5. The first kappa shape index (κ1) is 17.4. The van der Waals surface area contributed by atoms with Gasteiger partial charge in [-0.15, -0.1) is 0 Å². The van der Waals surface area contributed by atoms with E-state index in [2.05, 4.69) is 5.32 Å². The molecular weight excluding hydrogens is 294 g/mol. The van der Waals surface area contributed by atoms with Crippen LogP contribution in [0, 0.1) is 0 Å². The second kappa shape index (κ2) is 8.64. The molecule has 3 N–H and O–H groups in total. The van der Waals surface area contributed by atoms with Crippen LogP contribution in [0.4, 0.5) is 0 Å². The Morgan fingerprint density at radius 2 is 1.96 bits per heavy atom. The van der Waals surface area contributed by atoms with Crippen LogP contribution in [0.15, 0.2) is 30.3 Å². The molecule has 6 nitrogen and oxygen atoms in total. The molecule has 2 amide bonds. The van der Waals surface area contributed by atoms with Crippen molar-refractivity contribution in [3.05, 3.63) is 35.9 Å². The lowest BCUT2D eigenvalue weighted by Crippen LogP contribution is -2.47. The minimum atomic E-state index is -0.579. The molecule has 1 aliphatic rings. The second-order valence-electron chi connectivity index (χ2n) is 5.77. The quantitative estimate of drug-likeness (QED) is 0.779. The predicted molar refractivity (Wildman–Crippen MR) is 87.6 cm³/mol. The molecule has 1 fully saturated rings. The van der Waals surface area contributed by atoms with Gasteiger partial charge in [-0.2, -0.15) is 0 Å². The molecule has 0 bridgehead atoms. The summed E-state index contributed by atoms with van der Waals surface area (Å²) in [6.07, 6.45) is 1.05. The monoisotopic (exact) mass is 319 g/mol. The van der Waals surface area contributed by atoms with E-state index in [4.69, 9.17) is 10.5 Å². The molecular formula is C17H25N3O3. The van der Waals surface area contributed by atoms with E-state index in [1.807, 2.05) is 42.2 Å². The van der Waals surface area contributed by atoms with Gasteiger partial charge in [-0.05, 0) is 25.3 Å². The van der Waals surface area contributed by atoms with Crippen LogP contribution in [0.25, 0.3) is 0 Å². The summed E-state index contributed by atoms with van der Waals surface area (Å²) in [5.41, 5.74) is 6.07. The van der Waals surface area contributed by atoms with Gasteiger partial charge in [-0.25, -0.2) is 0 Å². The smallest absolute Gasteiger partial charge is 0.253 e. The number of likely N-dealkylation sites (tertiary alicyclic amines) is 1. The van der Waals surface area contributed by atoms with E-state index in [0.29, 0.717) is 6.61 Å². The summed E-state index contributed by atoms with van der Waals surface area (Å²) in [6.45, 7) is 4.17. The highest BCUT2D eigenvalue weighted by atomic mass is 16.5. The molecule has 0 unspecified atom stereocenters. The summed E-state index contributed by atoms with van der Waals surface area (Å²) in [6, 6.07) is 9.62. The molecule has 1 aromatic rings. The topological polar surface area (TPSA) is 84.7 Å². The number of carbonyl (C=O) groups excluding carboxylic acids is 2. The summed E-state index contributed by atoms with van der Waals surface area (Å²) in [5, 5.41) is 3.07. The van der Waals surface area contributed by atoms with Crippen LogP contribution in [-0.2, 0) is 14.3 Å². The van der Waals surface area contributed by atoms with E-state index in [1.165, 1.54) is 0 Å². The van der Waals surface area contributed by atoms with Crippen LogP contribution in [0.5, 0.6) is 0 Å². The normalized spacial score (nSPS) is 17.6. The minimum absolute atomic E-state index is 0.105. The fourth-order valence-corrected chi connectivity index (χ4v) is 2.85. The third-order valence-electron chi connectivity index (χ3n) is 3.99. The number of piperidine rings is 1. The summed E-state index contributed by atoms with van der Waals surface area (Å²) >= 11 is 0. The van der Waals surface area contributed by atoms with Crippen molar-refractivity contribution in [2.75, 3.05) is 26.2 Å². The zero-order valence-electron chi connectivity index (χ0n) is 13.5. The number of nitrogens with two attached hydrogens (primary N) is 1. The highest BCUT2D eigenvalue weighted by Crippen LogP contribution is 2.19. The van der Waals surface area contributed by atoms with Crippen molar-refractivity contribution in [3.63, 3.8) is 0 Å². The van der Waals surface area contributed by atoms with Crippen molar-refractivity contribution in [2.24, 2.45) is 5.73 Å². The number of nitrogens with one attached hydrogen (secondary N) is 1. The number of carbonyl (C=O) groups is 2. The van der Waals surface area contributed by atoms with Gasteiger partial charge >= 0.3 is 0 Å². The molecule has 0 spiro atoms. The van der Waals surface area contributed by atoms with Gasteiger partial charge in [-0.1, -0.05) is 30.3 Å². The Labute approximate surface area is 137 Å². The van der Waals surface area contributed by atoms with Crippen molar-refractivity contribution < 1.29 is 14.3 Å². The van der Waals surface area contributed by atoms with E-state index in [9.17, 15) is 9.59 Å². The lowest BCUT2D eigenvalue weighted by molar-refractivity contribution is -0.134. The van der Waals surface area contributed by atoms with Crippen molar-refractivity contribution in [2.45, 2.75) is 31.9 Å². The SMILES string of the molecule is CCO[C@H](C(=O)NC1CCN(CC(N)=O)CC1)c1ccccc1. The van der Waals surface area contributed by atoms with Crippen molar-refractivity contribution in [1.29, 1.82) is 0 Å². The zero-order valence-corrected chi connectivity index (χ0v) is 13.5. The molecule has 0 radical (unpaired) electrons. The Balaban J connectivity index is 1.89. The number of rotatable bonds is 7. The average molecular weight is 319 g/mol. The van der Waals surface area contributed by atoms with E-state index < -0.39 is 6.10 Å². The van der Waals surface area contributed by atoms with Gasteiger partial charge in [0, 0.05) is 25.7 Å². The fourth-order valence-electron chi connectivity index (χ4n) is 2.85. The standard InChI is InChI=1S/C17H25N3O3/c1-2-23-16(13-6-4-3-5-7-13)17(22)19-14-8-10-20(11-9-14)12-15(18)21/h3-7,14,16H,2,8-12H2,1H3,(H2,18,21)(H,19,22)/t16-/m0/s1. The molecule has 1 heterocycles. The first-order chi connectivity index (χ1) is 11.1. The largest absolute Gasteiger partial charge is 0.369 e. The maximum absolute atomic E-state index is 12.5. The van der Waals surface area contributed by atoms with Crippen LogP contribution in [-0.4, -0.2) is 49.0 Å². The third-order valence-corrected chi connectivity index (χ3v) is 3.99. The number of benzene rings is 1. The molecule has 1 aromatic carbocycles. The van der Waals surface area contributed by atoms with Gasteiger partial charge < -0.3 is 15.8 Å². The Bertz CT molecular complexity index is 513. The summed E-state index contributed by atoms with van der Waals surface area (Å²) < 4.78 is 5.62. The van der Waals surface area contributed by atoms with E-state index >= 15 is 0 Å². The fraction of sp³-hybridized carbons (Fsp3) is 0.529. The van der Waals surface area contributed by atoms with E-state index in [-0.39, 0.29) is 24.4 Å². The molecule has 6 heteroatoms. The summed E-state index contributed by atoms with van der Waals surface area (Å²) in [5.74, 6) is -0.417. The van der Waals surface area contributed by atoms with Crippen molar-refractivity contribution in [3.8, 4) is 0 Å². The Kier molecular flexibility index (Phi) is 6.55. The number of ether oxygens (including phenoxy) is 1. The number of nitrogens with zero attached hydrogens (tertiary/aromatic N) is 1. The molecule has 126 valence electrons. The number of hydrogen-bond donors (Lipinski definition) is 2. The molecule has 2 rings (SSSR count). The van der Waals surface area contributed by atoms with E-state index in [1.54, 1.807) is 0 Å². The van der Waals surface area contributed by atoms with Crippen molar-refractivity contribution >= 4 is 11.8 Å². The molecule has 1 atom stereocenters. The average Bonchev–Trinajstić information content (AvgIpc) is 2.54. The van der Waals surface area contributed by atoms with Crippen LogP contribution in [0.2, 0.25) is 0 Å². The number of primary amides is 1. The van der Waals surface area contributed by atoms with Gasteiger partial charge in [0.1, 0.15) is 0 Å². The lowest BCUT2D eigenvalue weighted by atomic mass is 10.0. The summed E-state index contributed by atoms with van der Waals surface area (Å²) in [7, 11) is 0. The lowest BCUT2D eigenvalue weighted by Gasteiger charge is -2.32. The first-order valence-electron chi connectivity index (χ1n) is 8.07. The zero-order chi connectivity index (χ0) is 16.7. The number of hydrogen-bond acceptors (Lipinski definition) is 4. The Hall–Kier alpha value is -1.92.